The molecule has 0 aliphatic rings. The molecule has 57 heavy (non-hydrogen) atoms. The predicted molar refractivity (Wildman–Crippen MR) is 242 cm³/mol. The van der Waals surface area contributed by atoms with Gasteiger partial charge in [0.2, 0.25) is 0 Å². The van der Waals surface area contributed by atoms with Crippen molar-refractivity contribution in [2.45, 2.75) is 0 Å². The minimum atomic E-state index is 1.13. The summed E-state index contributed by atoms with van der Waals surface area (Å²) in [6.45, 7) is 0. The molecule has 0 spiro atoms. The molecule has 0 fully saturated rings. The first-order valence-electron chi connectivity index (χ1n) is 19.7. The number of aromatic nitrogens is 3. The van der Waals surface area contributed by atoms with E-state index in [-0.39, 0.29) is 0 Å². The molecule has 264 valence electrons. The van der Waals surface area contributed by atoms with Gasteiger partial charge in [0, 0.05) is 54.8 Å². The van der Waals surface area contributed by atoms with E-state index in [0.29, 0.717) is 0 Å². The SMILES string of the molecule is c1ccc(-n2c3ccccc3c3cc4c5ccccc5n(-c5ccc(-n6c7ccccc7c7c8ccc9ccccc9c8c8ccccc8c76)cc5)c4cc32)cc1. The van der Waals surface area contributed by atoms with Crippen LogP contribution in [0.3, 0.4) is 0 Å². The Bertz CT molecular complexity index is 3790. The quantitative estimate of drug-likeness (QED) is 0.161. The minimum Gasteiger partial charge on any atom is -0.309 e. The second-order valence-corrected chi connectivity index (χ2v) is 15.3. The van der Waals surface area contributed by atoms with Gasteiger partial charge in [0.15, 0.2) is 0 Å². The van der Waals surface area contributed by atoms with E-state index in [1.807, 2.05) is 0 Å². The van der Waals surface area contributed by atoms with Crippen molar-refractivity contribution in [2.75, 3.05) is 0 Å². The maximum atomic E-state index is 2.49. The first kappa shape index (κ1) is 30.7. The van der Waals surface area contributed by atoms with Crippen LogP contribution >= 0.6 is 0 Å². The molecule has 3 heterocycles. The molecule has 0 aliphatic heterocycles. The highest BCUT2D eigenvalue weighted by molar-refractivity contribution is 6.36. The molecular weight excluding hydrogens is 691 g/mol. The van der Waals surface area contributed by atoms with Crippen molar-refractivity contribution in [3.63, 3.8) is 0 Å². The summed E-state index contributed by atoms with van der Waals surface area (Å²) in [7, 11) is 0. The van der Waals surface area contributed by atoms with Crippen molar-refractivity contribution in [3.8, 4) is 17.1 Å². The molecule has 0 radical (unpaired) electrons. The zero-order valence-electron chi connectivity index (χ0n) is 30.9. The lowest BCUT2D eigenvalue weighted by molar-refractivity contribution is 1.14. The van der Waals surface area contributed by atoms with E-state index in [4.69, 9.17) is 0 Å². The third-order valence-corrected chi connectivity index (χ3v) is 12.4. The van der Waals surface area contributed by atoms with Crippen molar-refractivity contribution >= 4 is 97.7 Å². The maximum absolute atomic E-state index is 2.49. The third-order valence-electron chi connectivity index (χ3n) is 12.4. The largest absolute Gasteiger partial charge is 0.309 e. The van der Waals surface area contributed by atoms with Crippen LogP contribution in [0.1, 0.15) is 0 Å². The van der Waals surface area contributed by atoms with Crippen molar-refractivity contribution in [3.05, 3.63) is 200 Å². The molecular formula is C54H33N3. The lowest BCUT2D eigenvalue weighted by atomic mass is 9.93. The minimum absolute atomic E-state index is 1.13. The number of hydrogen-bond acceptors (Lipinski definition) is 0. The smallest absolute Gasteiger partial charge is 0.0625 e. The molecule has 0 amide bonds. The predicted octanol–water partition coefficient (Wildman–Crippen LogP) is 14.4. The summed E-state index contributed by atoms with van der Waals surface area (Å²) in [5, 5.41) is 15.3. The first-order chi connectivity index (χ1) is 28.3. The Morgan fingerprint density at radius 1 is 0.228 bits per heavy atom. The Labute approximate surface area is 327 Å². The molecule has 0 N–H and O–H groups in total. The standard InChI is InChI=1S/C54H33N3/c1-2-15-35(16-3-1)55-47-23-11-8-18-39(47)45-32-46-40-19-9-12-24-48(40)56(51(46)33-50(45)55)36-27-29-37(30-28-36)57-49-25-13-10-22-43(49)53-44-31-26-34-14-4-5-17-38(34)52(44)41-20-6-7-21-42(41)54(53)57/h1-33H. The number of nitrogens with zero attached hydrogens (tertiary/aromatic N) is 3. The van der Waals surface area contributed by atoms with Crippen LogP contribution in [0.5, 0.6) is 0 Å². The Kier molecular flexibility index (Phi) is 6.16. The van der Waals surface area contributed by atoms with Crippen LogP contribution in [0, 0.1) is 0 Å². The van der Waals surface area contributed by atoms with E-state index in [9.17, 15) is 0 Å². The Hall–Kier alpha value is -7.62. The first-order valence-corrected chi connectivity index (χ1v) is 19.7. The fraction of sp³-hybridized carbons (Fsp3) is 0. The van der Waals surface area contributed by atoms with Gasteiger partial charge in [-0.15, -0.1) is 0 Å². The van der Waals surface area contributed by atoms with Gasteiger partial charge in [0.05, 0.1) is 33.1 Å². The Morgan fingerprint density at radius 3 is 1.35 bits per heavy atom. The summed E-state index contributed by atoms with van der Waals surface area (Å²) in [5.74, 6) is 0. The van der Waals surface area contributed by atoms with Crippen molar-refractivity contribution in [1.82, 2.24) is 13.7 Å². The van der Waals surface area contributed by atoms with Crippen LogP contribution < -0.4 is 0 Å². The van der Waals surface area contributed by atoms with Crippen molar-refractivity contribution in [1.29, 1.82) is 0 Å². The summed E-state index contributed by atoms with van der Waals surface area (Å²) in [6, 6.07) is 73.6. The Balaban J connectivity index is 1.08. The van der Waals surface area contributed by atoms with Crippen LogP contribution in [0.4, 0.5) is 0 Å². The topological polar surface area (TPSA) is 14.8 Å². The highest BCUT2D eigenvalue weighted by Gasteiger charge is 2.21. The van der Waals surface area contributed by atoms with E-state index < -0.39 is 0 Å². The lowest BCUT2D eigenvalue weighted by Crippen LogP contribution is -1.98. The molecule has 13 rings (SSSR count). The summed E-state index contributed by atoms with van der Waals surface area (Å²) in [6.07, 6.45) is 0. The highest BCUT2D eigenvalue weighted by atomic mass is 15.0. The van der Waals surface area contributed by atoms with Gasteiger partial charge in [-0.3, -0.25) is 0 Å². The summed E-state index contributed by atoms with van der Waals surface area (Å²) in [4.78, 5) is 0. The summed E-state index contributed by atoms with van der Waals surface area (Å²) >= 11 is 0. The van der Waals surface area contributed by atoms with Gasteiger partial charge in [0.1, 0.15) is 0 Å². The van der Waals surface area contributed by atoms with Gasteiger partial charge in [-0.05, 0) is 93.7 Å². The number of hydrogen-bond donors (Lipinski definition) is 0. The second-order valence-electron chi connectivity index (χ2n) is 15.3. The van der Waals surface area contributed by atoms with Crippen molar-refractivity contribution in [2.24, 2.45) is 0 Å². The van der Waals surface area contributed by atoms with E-state index >= 15 is 0 Å². The molecule has 0 saturated heterocycles. The molecule has 10 aromatic carbocycles. The average Bonchev–Trinajstić information content (AvgIpc) is 3.91. The summed E-state index contributed by atoms with van der Waals surface area (Å²) in [5.41, 5.74) is 10.7. The van der Waals surface area contributed by atoms with Gasteiger partial charge >= 0.3 is 0 Å². The molecule has 0 aliphatic carbocycles. The van der Waals surface area contributed by atoms with Gasteiger partial charge in [0.25, 0.3) is 0 Å². The molecule has 0 atom stereocenters. The molecule has 0 unspecified atom stereocenters. The van der Waals surface area contributed by atoms with Gasteiger partial charge < -0.3 is 13.7 Å². The zero-order chi connectivity index (χ0) is 37.2. The van der Waals surface area contributed by atoms with Crippen LogP contribution in [-0.4, -0.2) is 13.7 Å². The van der Waals surface area contributed by atoms with Crippen LogP contribution in [0.15, 0.2) is 200 Å². The molecule has 3 aromatic heterocycles. The molecule has 13 aromatic rings. The third kappa shape index (κ3) is 4.15. The van der Waals surface area contributed by atoms with Crippen LogP contribution in [0.25, 0.3) is 115 Å². The Morgan fingerprint density at radius 2 is 0.702 bits per heavy atom. The van der Waals surface area contributed by atoms with Crippen molar-refractivity contribution < 1.29 is 0 Å². The monoisotopic (exact) mass is 723 g/mol. The number of benzene rings is 10. The van der Waals surface area contributed by atoms with E-state index in [1.54, 1.807) is 0 Å². The van der Waals surface area contributed by atoms with E-state index in [1.165, 1.54) is 97.7 Å². The van der Waals surface area contributed by atoms with E-state index in [0.717, 1.165) is 17.1 Å². The van der Waals surface area contributed by atoms with Gasteiger partial charge in [-0.25, -0.2) is 0 Å². The lowest BCUT2D eigenvalue weighted by Gasteiger charge is -2.15. The molecule has 3 heteroatoms. The maximum Gasteiger partial charge on any atom is 0.0625 e. The van der Waals surface area contributed by atoms with Gasteiger partial charge in [-0.2, -0.15) is 0 Å². The fourth-order valence-electron chi connectivity index (χ4n) is 10.0. The van der Waals surface area contributed by atoms with Crippen LogP contribution in [-0.2, 0) is 0 Å². The second kappa shape index (κ2) is 11.5. The number of para-hydroxylation sites is 4. The zero-order valence-corrected chi connectivity index (χ0v) is 30.9. The fourth-order valence-corrected chi connectivity index (χ4v) is 10.0. The van der Waals surface area contributed by atoms with Gasteiger partial charge in [-0.1, -0.05) is 133 Å². The number of rotatable bonds is 3. The van der Waals surface area contributed by atoms with Crippen LogP contribution in [0.2, 0.25) is 0 Å². The normalized spacial score (nSPS) is 12.2. The molecule has 0 bridgehead atoms. The van der Waals surface area contributed by atoms with E-state index in [2.05, 4.69) is 214 Å². The average molecular weight is 724 g/mol. The summed E-state index contributed by atoms with van der Waals surface area (Å²) < 4.78 is 7.34. The molecule has 0 saturated carbocycles. The highest BCUT2D eigenvalue weighted by Crippen LogP contribution is 2.45. The molecule has 3 nitrogen and oxygen atoms in total. The number of fused-ring (bicyclic) bond motifs is 16.